The zero-order valence-corrected chi connectivity index (χ0v) is 14.7. The third-order valence-corrected chi connectivity index (χ3v) is 4.99. The molecule has 0 saturated heterocycles. The molecular weight excluding hydrogens is 360 g/mol. The highest BCUT2D eigenvalue weighted by Crippen LogP contribution is 2.32. The van der Waals surface area contributed by atoms with Gasteiger partial charge in [0.25, 0.3) is 0 Å². The maximum Gasteiger partial charge on any atom is 0.339 e. The summed E-state index contributed by atoms with van der Waals surface area (Å²) >= 11 is 5.84. The minimum absolute atomic E-state index is 0.0362. The molecule has 130 valence electrons. The molecular formula is C14H15ClN2O6S. The van der Waals surface area contributed by atoms with Crippen LogP contribution in [0.3, 0.4) is 0 Å². The van der Waals surface area contributed by atoms with E-state index in [9.17, 15) is 18.3 Å². The van der Waals surface area contributed by atoms with Gasteiger partial charge in [-0.25, -0.2) is 17.9 Å². The number of aromatic nitrogens is 1. The van der Waals surface area contributed by atoms with Crippen LogP contribution < -0.4 is 9.46 Å². The Hall–Kier alpha value is -2.10. The number of rotatable bonds is 6. The van der Waals surface area contributed by atoms with Crippen molar-refractivity contribution in [3.05, 3.63) is 39.7 Å². The maximum absolute atomic E-state index is 12.6. The Labute approximate surface area is 143 Å². The SMILES string of the molecule is COc1c(C(=O)O)cc(Cl)cc1S(=O)(=O)NCc1c(C)noc1C. The second-order valence-electron chi connectivity index (χ2n) is 4.92. The maximum atomic E-state index is 12.6. The molecule has 0 spiro atoms. The lowest BCUT2D eigenvalue weighted by Crippen LogP contribution is -2.25. The van der Waals surface area contributed by atoms with E-state index in [0.29, 0.717) is 17.0 Å². The van der Waals surface area contributed by atoms with E-state index in [1.807, 2.05) is 0 Å². The van der Waals surface area contributed by atoms with Gasteiger partial charge in [0, 0.05) is 17.1 Å². The first-order valence-corrected chi connectivity index (χ1v) is 8.55. The minimum Gasteiger partial charge on any atom is -0.494 e. The van der Waals surface area contributed by atoms with Crippen molar-refractivity contribution in [2.75, 3.05) is 7.11 Å². The molecule has 1 heterocycles. The molecule has 10 heteroatoms. The van der Waals surface area contributed by atoms with E-state index in [1.165, 1.54) is 7.11 Å². The first-order valence-electron chi connectivity index (χ1n) is 6.69. The molecule has 0 atom stereocenters. The van der Waals surface area contributed by atoms with Crippen LogP contribution >= 0.6 is 11.6 Å². The van der Waals surface area contributed by atoms with Crippen LogP contribution in [0.1, 0.15) is 27.4 Å². The quantitative estimate of drug-likeness (QED) is 0.794. The average molecular weight is 375 g/mol. The molecule has 24 heavy (non-hydrogen) atoms. The van der Waals surface area contributed by atoms with Crippen molar-refractivity contribution in [1.29, 1.82) is 0 Å². The van der Waals surface area contributed by atoms with Crippen LogP contribution in [0.2, 0.25) is 5.02 Å². The second-order valence-corrected chi connectivity index (χ2v) is 7.09. The summed E-state index contributed by atoms with van der Waals surface area (Å²) in [5, 5.41) is 12.9. The van der Waals surface area contributed by atoms with Crippen LogP contribution in [-0.2, 0) is 16.6 Å². The summed E-state index contributed by atoms with van der Waals surface area (Å²) in [5.41, 5.74) is 0.806. The van der Waals surface area contributed by atoms with E-state index in [2.05, 4.69) is 9.88 Å². The molecule has 0 amide bonds. The summed E-state index contributed by atoms with van der Waals surface area (Å²) in [7, 11) is -2.90. The van der Waals surface area contributed by atoms with Crippen molar-refractivity contribution < 1.29 is 27.6 Å². The second kappa shape index (κ2) is 6.80. The molecule has 0 unspecified atom stereocenters. The molecule has 0 aliphatic carbocycles. The number of carbonyl (C=O) groups is 1. The van der Waals surface area contributed by atoms with E-state index in [0.717, 1.165) is 12.1 Å². The molecule has 2 rings (SSSR count). The normalized spacial score (nSPS) is 11.5. The summed E-state index contributed by atoms with van der Waals surface area (Å²) in [6.07, 6.45) is 0. The number of halogens is 1. The van der Waals surface area contributed by atoms with Crippen LogP contribution in [-0.4, -0.2) is 31.8 Å². The lowest BCUT2D eigenvalue weighted by Gasteiger charge is -2.13. The van der Waals surface area contributed by atoms with Gasteiger partial charge in [-0.1, -0.05) is 16.8 Å². The Balaban J connectivity index is 2.44. The summed E-state index contributed by atoms with van der Waals surface area (Å²) in [5.74, 6) is -1.16. The standard InChI is InChI=1S/C14H15ClN2O6S/c1-7-11(8(2)23-17-7)6-16-24(20,21)12-5-9(15)4-10(14(18)19)13(12)22-3/h4-5,16H,6H2,1-3H3,(H,18,19). The number of sulfonamides is 1. The largest absolute Gasteiger partial charge is 0.494 e. The summed E-state index contributed by atoms with van der Waals surface area (Å²) in [6, 6.07) is 2.25. The minimum atomic E-state index is -4.08. The van der Waals surface area contributed by atoms with Crippen LogP contribution in [0.15, 0.2) is 21.6 Å². The van der Waals surface area contributed by atoms with Gasteiger partial charge in [-0.2, -0.15) is 0 Å². The highest BCUT2D eigenvalue weighted by atomic mass is 35.5. The van der Waals surface area contributed by atoms with E-state index < -0.39 is 16.0 Å². The van der Waals surface area contributed by atoms with E-state index >= 15 is 0 Å². The number of nitrogens with one attached hydrogen (secondary N) is 1. The number of ether oxygens (including phenoxy) is 1. The summed E-state index contributed by atoms with van der Waals surface area (Å²) < 4.78 is 37.4. The molecule has 2 aromatic rings. The first-order chi connectivity index (χ1) is 11.2. The Kier molecular flexibility index (Phi) is 5.16. The van der Waals surface area contributed by atoms with Crippen LogP contribution in [0.25, 0.3) is 0 Å². The van der Waals surface area contributed by atoms with Gasteiger partial charge < -0.3 is 14.4 Å². The Morgan fingerprint density at radius 3 is 2.58 bits per heavy atom. The van der Waals surface area contributed by atoms with Gasteiger partial charge in [-0.15, -0.1) is 0 Å². The fourth-order valence-electron chi connectivity index (χ4n) is 2.14. The number of hydrogen-bond donors (Lipinski definition) is 2. The molecule has 2 N–H and O–H groups in total. The number of methoxy groups -OCH3 is 1. The Bertz CT molecular complexity index is 871. The van der Waals surface area contributed by atoms with Gasteiger partial charge in [0.1, 0.15) is 16.2 Å². The molecule has 0 aliphatic heterocycles. The predicted molar refractivity (Wildman–Crippen MR) is 85.0 cm³/mol. The number of hydrogen-bond acceptors (Lipinski definition) is 6. The van der Waals surface area contributed by atoms with Crippen molar-refractivity contribution in [3.8, 4) is 5.75 Å². The lowest BCUT2D eigenvalue weighted by atomic mass is 10.2. The molecule has 8 nitrogen and oxygen atoms in total. The smallest absolute Gasteiger partial charge is 0.339 e. The molecule has 1 aromatic carbocycles. The predicted octanol–water partition coefficient (Wildman–Crippen LogP) is 2.13. The molecule has 0 radical (unpaired) electrons. The van der Waals surface area contributed by atoms with Gasteiger partial charge >= 0.3 is 5.97 Å². The summed E-state index contributed by atoms with van der Waals surface area (Å²) in [6.45, 7) is 3.27. The van der Waals surface area contributed by atoms with Crippen molar-refractivity contribution in [1.82, 2.24) is 9.88 Å². The van der Waals surface area contributed by atoms with Crippen molar-refractivity contribution in [2.24, 2.45) is 0 Å². The summed E-state index contributed by atoms with van der Waals surface area (Å²) in [4.78, 5) is 10.9. The third-order valence-electron chi connectivity index (χ3n) is 3.36. The van der Waals surface area contributed by atoms with Gasteiger partial charge in [-0.05, 0) is 26.0 Å². The molecule has 1 aromatic heterocycles. The zero-order valence-electron chi connectivity index (χ0n) is 13.1. The third kappa shape index (κ3) is 3.53. The Morgan fingerprint density at radius 2 is 2.08 bits per heavy atom. The van der Waals surface area contributed by atoms with Crippen molar-refractivity contribution >= 4 is 27.6 Å². The Morgan fingerprint density at radius 1 is 1.42 bits per heavy atom. The van der Waals surface area contributed by atoms with Crippen molar-refractivity contribution in [2.45, 2.75) is 25.3 Å². The van der Waals surface area contributed by atoms with Gasteiger partial charge in [0.2, 0.25) is 10.0 Å². The van der Waals surface area contributed by atoms with Gasteiger partial charge in [0.05, 0.1) is 12.8 Å². The number of benzene rings is 1. The van der Waals surface area contributed by atoms with E-state index in [1.54, 1.807) is 13.8 Å². The number of aromatic carboxylic acids is 1. The molecule has 0 aliphatic rings. The van der Waals surface area contributed by atoms with Crippen LogP contribution in [0, 0.1) is 13.8 Å². The highest BCUT2D eigenvalue weighted by molar-refractivity contribution is 7.89. The van der Waals surface area contributed by atoms with Gasteiger partial charge in [0.15, 0.2) is 5.75 Å². The fraction of sp³-hybridized carbons (Fsp3) is 0.286. The number of aryl methyl sites for hydroxylation is 2. The first kappa shape index (κ1) is 18.2. The zero-order chi connectivity index (χ0) is 18.1. The van der Waals surface area contributed by atoms with Crippen LogP contribution in [0.5, 0.6) is 5.75 Å². The monoisotopic (exact) mass is 374 g/mol. The number of carboxylic acids is 1. The highest BCUT2D eigenvalue weighted by Gasteiger charge is 2.26. The van der Waals surface area contributed by atoms with E-state index in [4.69, 9.17) is 20.9 Å². The topological polar surface area (TPSA) is 119 Å². The van der Waals surface area contributed by atoms with Crippen LogP contribution in [0.4, 0.5) is 0 Å². The number of nitrogens with zero attached hydrogens (tertiary/aromatic N) is 1. The molecule has 0 bridgehead atoms. The lowest BCUT2D eigenvalue weighted by molar-refractivity contribution is 0.0693. The molecule has 0 fully saturated rings. The fourth-order valence-corrected chi connectivity index (χ4v) is 3.63. The molecule has 0 saturated carbocycles. The van der Waals surface area contributed by atoms with Gasteiger partial charge in [-0.3, -0.25) is 0 Å². The van der Waals surface area contributed by atoms with Crippen molar-refractivity contribution in [3.63, 3.8) is 0 Å². The number of carboxylic acid groups (broad SMARTS) is 1. The van der Waals surface area contributed by atoms with E-state index in [-0.39, 0.29) is 27.8 Å². The average Bonchev–Trinajstić information content (AvgIpc) is 2.83.